The number of methoxy groups -OCH3 is 1. The van der Waals surface area contributed by atoms with Gasteiger partial charge in [-0.05, 0) is 18.2 Å². The van der Waals surface area contributed by atoms with Gasteiger partial charge in [-0.1, -0.05) is 36.4 Å². The Morgan fingerprint density at radius 1 is 0.917 bits per heavy atom. The summed E-state index contributed by atoms with van der Waals surface area (Å²) in [5, 5.41) is 0. The summed E-state index contributed by atoms with van der Waals surface area (Å²) in [5.41, 5.74) is 2.14. The molecule has 0 N–H and O–H groups in total. The second-order valence-corrected chi connectivity index (χ2v) is 5.49. The number of hydrogen-bond donors (Lipinski definition) is 0. The van der Waals surface area contributed by atoms with Gasteiger partial charge < -0.3 is 9.64 Å². The van der Waals surface area contributed by atoms with E-state index in [0.717, 1.165) is 10.6 Å². The first kappa shape index (κ1) is 15.8. The summed E-state index contributed by atoms with van der Waals surface area (Å²) in [6.45, 7) is 0. The Morgan fingerprint density at radius 3 is 2.21 bits per heavy atom. The Bertz CT molecular complexity index is 828. The molecule has 122 valence electrons. The van der Waals surface area contributed by atoms with Gasteiger partial charge in [0.05, 0.1) is 12.7 Å². The van der Waals surface area contributed by atoms with Crippen LogP contribution in [0.4, 0.5) is 5.69 Å². The second kappa shape index (κ2) is 6.20. The van der Waals surface area contributed by atoms with Gasteiger partial charge in [0, 0.05) is 25.3 Å². The molecular formula is C19H18N2O3. The molecule has 0 aliphatic carbocycles. The summed E-state index contributed by atoms with van der Waals surface area (Å²) >= 11 is 0. The quantitative estimate of drug-likeness (QED) is 0.812. The maximum absolute atomic E-state index is 12.7. The fourth-order valence-corrected chi connectivity index (χ4v) is 2.81. The molecule has 0 bridgehead atoms. The van der Waals surface area contributed by atoms with Gasteiger partial charge in [0.15, 0.2) is 0 Å². The van der Waals surface area contributed by atoms with Crippen LogP contribution in [0.25, 0.3) is 5.57 Å². The highest BCUT2D eigenvalue weighted by Crippen LogP contribution is 2.36. The highest BCUT2D eigenvalue weighted by atomic mass is 16.5. The Labute approximate surface area is 140 Å². The van der Waals surface area contributed by atoms with Crippen LogP contribution in [-0.2, 0) is 9.59 Å². The van der Waals surface area contributed by atoms with Crippen molar-refractivity contribution in [1.82, 2.24) is 4.90 Å². The normalized spacial score (nSPS) is 14.4. The lowest BCUT2D eigenvalue weighted by Gasteiger charge is -2.21. The molecule has 3 rings (SSSR count). The van der Waals surface area contributed by atoms with Gasteiger partial charge >= 0.3 is 0 Å². The van der Waals surface area contributed by atoms with Gasteiger partial charge in [0.2, 0.25) is 0 Å². The molecule has 0 saturated heterocycles. The minimum Gasteiger partial charge on any atom is -0.496 e. The van der Waals surface area contributed by atoms with Crippen LogP contribution in [-0.4, -0.2) is 37.9 Å². The van der Waals surface area contributed by atoms with Gasteiger partial charge in [0.25, 0.3) is 11.8 Å². The first-order valence-corrected chi connectivity index (χ1v) is 7.55. The van der Waals surface area contributed by atoms with Gasteiger partial charge in [-0.2, -0.15) is 0 Å². The summed E-state index contributed by atoms with van der Waals surface area (Å²) in [4.78, 5) is 28.3. The molecule has 0 spiro atoms. The molecule has 0 radical (unpaired) electrons. The standard InChI is InChI=1S/C19H18N2O3/c1-20(13-9-5-4-6-10-13)17-16(18(22)21(2)19(17)23)14-11-7-8-12-15(14)24-3/h4-12H,1-3H3. The van der Waals surface area contributed by atoms with Crippen LogP contribution in [0.1, 0.15) is 5.56 Å². The average molecular weight is 322 g/mol. The van der Waals surface area contributed by atoms with E-state index in [2.05, 4.69) is 0 Å². The van der Waals surface area contributed by atoms with Crippen molar-refractivity contribution in [2.75, 3.05) is 26.1 Å². The van der Waals surface area contributed by atoms with Gasteiger partial charge in [0.1, 0.15) is 11.4 Å². The number of benzene rings is 2. The third kappa shape index (κ3) is 2.44. The third-order valence-electron chi connectivity index (χ3n) is 4.12. The molecule has 1 heterocycles. The van der Waals surface area contributed by atoms with Gasteiger partial charge in [-0.15, -0.1) is 0 Å². The van der Waals surface area contributed by atoms with Crippen LogP contribution in [0, 0.1) is 0 Å². The maximum Gasteiger partial charge on any atom is 0.277 e. The lowest BCUT2D eigenvalue weighted by Crippen LogP contribution is -2.30. The number of anilines is 1. The van der Waals surface area contributed by atoms with E-state index in [1.54, 1.807) is 31.2 Å². The average Bonchev–Trinajstić information content (AvgIpc) is 2.85. The molecule has 0 aromatic heterocycles. The second-order valence-electron chi connectivity index (χ2n) is 5.49. The Kier molecular flexibility index (Phi) is 4.08. The predicted molar refractivity (Wildman–Crippen MR) is 92.5 cm³/mol. The number of carbonyl (C=O) groups excluding carboxylic acids is 2. The predicted octanol–water partition coefficient (Wildman–Crippen LogP) is 2.54. The SMILES string of the molecule is COc1ccccc1C1=C(N(C)c2ccccc2)C(=O)N(C)C1=O. The largest absolute Gasteiger partial charge is 0.496 e. The lowest BCUT2D eigenvalue weighted by molar-refractivity contribution is -0.135. The molecule has 2 aromatic carbocycles. The van der Waals surface area contributed by atoms with Crippen molar-refractivity contribution >= 4 is 23.1 Å². The number of likely N-dealkylation sites (N-methyl/N-ethyl adjacent to an activating group) is 2. The fourth-order valence-electron chi connectivity index (χ4n) is 2.81. The molecule has 0 atom stereocenters. The monoisotopic (exact) mass is 322 g/mol. The first-order chi connectivity index (χ1) is 11.6. The number of carbonyl (C=O) groups is 2. The van der Waals surface area contributed by atoms with Crippen LogP contribution in [0.2, 0.25) is 0 Å². The van der Waals surface area contributed by atoms with Gasteiger partial charge in [-0.3, -0.25) is 14.5 Å². The third-order valence-corrected chi connectivity index (χ3v) is 4.12. The summed E-state index contributed by atoms with van der Waals surface area (Å²) in [5.74, 6) is -0.0996. The molecule has 0 fully saturated rings. The van der Waals surface area contributed by atoms with Crippen molar-refractivity contribution in [2.45, 2.75) is 0 Å². The molecule has 24 heavy (non-hydrogen) atoms. The fraction of sp³-hybridized carbons (Fsp3) is 0.158. The molecule has 5 nitrogen and oxygen atoms in total. The van der Waals surface area contributed by atoms with E-state index >= 15 is 0 Å². The van der Waals surface area contributed by atoms with E-state index in [1.165, 1.54) is 7.05 Å². The molecule has 2 aromatic rings. The minimum atomic E-state index is -0.331. The summed E-state index contributed by atoms with van der Waals surface area (Å²) in [7, 11) is 4.82. The van der Waals surface area contributed by atoms with Crippen LogP contribution >= 0.6 is 0 Å². The number of hydrogen-bond acceptors (Lipinski definition) is 4. The Hall–Kier alpha value is -3.08. The molecule has 1 aliphatic rings. The highest BCUT2D eigenvalue weighted by Gasteiger charge is 2.39. The zero-order chi connectivity index (χ0) is 17.3. The van der Waals surface area contributed by atoms with Crippen molar-refractivity contribution in [3.05, 3.63) is 65.9 Å². The van der Waals surface area contributed by atoms with Crippen molar-refractivity contribution < 1.29 is 14.3 Å². The lowest BCUT2D eigenvalue weighted by atomic mass is 10.0. The van der Waals surface area contributed by atoms with E-state index < -0.39 is 0 Å². The first-order valence-electron chi connectivity index (χ1n) is 7.55. The molecule has 0 saturated carbocycles. The number of nitrogens with zero attached hydrogens (tertiary/aromatic N) is 2. The maximum atomic E-state index is 12.7. The van der Waals surface area contributed by atoms with Crippen molar-refractivity contribution in [2.24, 2.45) is 0 Å². The summed E-state index contributed by atoms with van der Waals surface area (Å²) in [6.07, 6.45) is 0. The zero-order valence-corrected chi connectivity index (χ0v) is 13.8. The number of para-hydroxylation sites is 2. The van der Waals surface area contributed by atoms with Crippen LogP contribution in [0.5, 0.6) is 5.75 Å². The van der Waals surface area contributed by atoms with Crippen LogP contribution in [0.15, 0.2) is 60.3 Å². The van der Waals surface area contributed by atoms with Crippen molar-refractivity contribution in [3.63, 3.8) is 0 Å². The van der Waals surface area contributed by atoms with E-state index in [4.69, 9.17) is 4.74 Å². The van der Waals surface area contributed by atoms with E-state index in [-0.39, 0.29) is 11.8 Å². The Morgan fingerprint density at radius 2 is 1.54 bits per heavy atom. The van der Waals surface area contributed by atoms with Crippen LogP contribution < -0.4 is 9.64 Å². The summed E-state index contributed by atoms with van der Waals surface area (Å²) in [6, 6.07) is 16.7. The molecular weight excluding hydrogens is 304 g/mol. The zero-order valence-electron chi connectivity index (χ0n) is 13.8. The smallest absolute Gasteiger partial charge is 0.277 e. The van der Waals surface area contributed by atoms with Gasteiger partial charge in [-0.25, -0.2) is 0 Å². The number of rotatable bonds is 4. The van der Waals surface area contributed by atoms with Crippen LogP contribution in [0.3, 0.4) is 0 Å². The molecule has 0 unspecified atom stereocenters. The Balaban J connectivity index is 2.22. The van der Waals surface area contributed by atoms with E-state index in [1.807, 2.05) is 42.5 Å². The summed E-state index contributed by atoms with van der Waals surface area (Å²) < 4.78 is 5.38. The van der Waals surface area contributed by atoms with E-state index in [9.17, 15) is 9.59 Å². The number of ether oxygens (including phenoxy) is 1. The number of amides is 2. The topological polar surface area (TPSA) is 49.9 Å². The van der Waals surface area contributed by atoms with Crippen molar-refractivity contribution in [3.8, 4) is 5.75 Å². The molecule has 1 aliphatic heterocycles. The minimum absolute atomic E-state index is 0.327. The molecule has 2 amide bonds. The number of imide groups is 1. The van der Waals surface area contributed by atoms with E-state index in [0.29, 0.717) is 22.6 Å². The highest BCUT2D eigenvalue weighted by molar-refractivity contribution is 6.37. The molecule has 5 heteroatoms. The van der Waals surface area contributed by atoms with Crippen molar-refractivity contribution in [1.29, 1.82) is 0 Å².